The third-order valence-electron chi connectivity index (χ3n) is 9.66. The van der Waals surface area contributed by atoms with Gasteiger partial charge in [0.15, 0.2) is 19.7 Å². The van der Waals surface area contributed by atoms with Gasteiger partial charge >= 0.3 is 18.0 Å². The number of carbonyl (C=O) groups excluding carboxylic acids is 4. The molecule has 6 aromatic rings. The Kier molecular flexibility index (Phi) is 14.2. The highest BCUT2D eigenvalue weighted by atomic mass is 32.1. The molecule has 0 aliphatic carbocycles. The number of rotatable bonds is 14. The van der Waals surface area contributed by atoms with Crippen LogP contribution in [0.25, 0.3) is 43.4 Å². The Balaban J connectivity index is 1.39. The van der Waals surface area contributed by atoms with Crippen molar-refractivity contribution in [3.8, 4) is 43.4 Å². The lowest BCUT2D eigenvalue weighted by atomic mass is 10.0. The second kappa shape index (κ2) is 19.0. The maximum absolute atomic E-state index is 13.7. The summed E-state index contributed by atoms with van der Waals surface area (Å²) >= 11 is 5.22. The number of carbonyl (C=O) groups is 4. The van der Waals surface area contributed by atoms with Gasteiger partial charge in [0.05, 0.1) is 26.0 Å². The molecule has 0 spiro atoms. The highest BCUT2D eigenvalue weighted by Gasteiger charge is 2.42. The van der Waals surface area contributed by atoms with Crippen molar-refractivity contribution >= 4 is 77.6 Å². The van der Waals surface area contributed by atoms with Gasteiger partial charge < -0.3 is 29.3 Å². The topological polar surface area (TPSA) is 194 Å². The number of alkyl carbamates (subject to hydrolysis) is 1. The molecule has 6 rings (SSSR count). The predicted octanol–water partition coefficient (Wildman–Crippen LogP) is 9.59. The Morgan fingerprint density at radius 3 is 1.92 bits per heavy atom. The van der Waals surface area contributed by atoms with Crippen LogP contribution in [0.15, 0.2) is 64.0 Å². The van der Waals surface area contributed by atoms with Crippen LogP contribution in [0.1, 0.15) is 85.2 Å². The van der Waals surface area contributed by atoms with E-state index >= 15 is 0 Å². The average Bonchev–Trinajstić information content (AvgIpc) is 4.07. The van der Waals surface area contributed by atoms with Gasteiger partial charge in [-0.25, -0.2) is 39.3 Å². The van der Waals surface area contributed by atoms with Crippen molar-refractivity contribution in [2.45, 2.75) is 77.4 Å². The Morgan fingerprint density at radius 2 is 1.29 bits per heavy atom. The smallest absolute Gasteiger partial charge is 0.408 e. The molecule has 0 fully saturated rings. The second-order valence-corrected chi connectivity index (χ2v) is 24.6. The summed E-state index contributed by atoms with van der Waals surface area (Å²) in [4.78, 5) is 74.8. The van der Waals surface area contributed by atoms with Crippen LogP contribution in [0.3, 0.4) is 0 Å². The lowest BCUT2D eigenvalue weighted by molar-refractivity contribution is -0.121. The van der Waals surface area contributed by atoms with Gasteiger partial charge in [-0.05, 0) is 56.6 Å². The zero-order valence-corrected chi connectivity index (χ0v) is 40.1. The first-order valence-corrected chi connectivity index (χ1v) is 25.7. The molecule has 0 unspecified atom stereocenters. The van der Waals surface area contributed by atoms with E-state index in [9.17, 15) is 19.2 Å². The highest BCUT2D eigenvalue weighted by Crippen LogP contribution is 2.45. The fourth-order valence-electron chi connectivity index (χ4n) is 5.58. The zero-order valence-electron chi connectivity index (χ0n) is 35.8. The van der Waals surface area contributed by atoms with E-state index < -0.39 is 50.0 Å². The van der Waals surface area contributed by atoms with Gasteiger partial charge in [-0.1, -0.05) is 51.1 Å². The Labute approximate surface area is 376 Å². The molecule has 0 saturated carbocycles. The molecule has 62 heavy (non-hydrogen) atoms. The minimum Gasteiger partial charge on any atom is -0.464 e. The van der Waals surface area contributed by atoms with Gasteiger partial charge in [0, 0.05) is 27.1 Å². The van der Waals surface area contributed by atoms with Gasteiger partial charge in [0.25, 0.3) is 0 Å². The van der Waals surface area contributed by atoms with Crippen molar-refractivity contribution in [1.82, 2.24) is 35.6 Å². The Bertz CT molecular complexity index is 2560. The number of esters is 2. The number of methoxy groups -OCH3 is 2. The van der Waals surface area contributed by atoms with Crippen molar-refractivity contribution in [2.24, 2.45) is 0 Å². The van der Waals surface area contributed by atoms with Crippen molar-refractivity contribution in [1.29, 1.82) is 0 Å². The largest absolute Gasteiger partial charge is 0.464 e. The van der Waals surface area contributed by atoms with E-state index in [-0.39, 0.29) is 23.0 Å². The van der Waals surface area contributed by atoms with E-state index in [1.165, 1.54) is 59.6 Å². The summed E-state index contributed by atoms with van der Waals surface area (Å²) in [6, 6.07) is 12.5. The van der Waals surface area contributed by atoms with Crippen LogP contribution in [0.4, 0.5) is 4.79 Å². The zero-order chi connectivity index (χ0) is 45.0. The molecule has 5 heterocycles. The molecule has 0 aliphatic rings. The molecule has 2 amide bonds. The van der Waals surface area contributed by atoms with Crippen LogP contribution in [0.5, 0.6) is 0 Å². The van der Waals surface area contributed by atoms with E-state index in [0.29, 0.717) is 48.4 Å². The van der Waals surface area contributed by atoms with Gasteiger partial charge in [-0.2, -0.15) is 0 Å². The number of amides is 2. The summed E-state index contributed by atoms with van der Waals surface area (Å²) in [5.41, 5.74) is 3.09. The van der Waals surface area contributed by atoms with Crippen LogP contribution in [-0.4, -0.2) is 83.5 Å². The van der Waals surface area contributed by atoms with E-state index in [0.717, 1.165) is 5.56 Å². The summed E-state index contributed by atoms with van der Waals surface area (Å²) in [5.74, 6) is -1.58. The normalized spacial score (nSPS) is 12.9. The summed E-state index contributed by atoms with van der Waals surface area (Å²) < 4.78 is 22.2. The molecule has 2 N–H and O–H groups in total. The molecular weight excluding hydrogens is 887 g/mol. The number of pyridine rings is 1. The number of nitrogens with one attached hydrogen (secondary N) is 2. The predicted molar refractivity (Wildman–Crippen MR) is 244 cm³/mol. The number of thiazole rings is 4. The van der Waals surface area contributed by atoms with Gasteiger partial charge in [-0.15, -0.1) is 45.3 Å². The standard InChI is InChI=1S/C42H47N7O8S4Si/c1-41(2,3)56-40(53)43-18-30(50)49-32(33(23-14-12-11-13-15-23)57-62(9,10)42(4,5)6)37-46-27(20-61-37)36-45-26(19-59-36)31-24(34-47-28(21-58-34)38(51)54-7)16-17-25(44-31)35-48-29(22-60-35)39(52)55-8/h11-17,19-22,32-33H,18H2,1-10H3,(H,43,53)(H,49,50)/t32-,33-/m0/s1. The molecule has 0 bridgehead atoms. The molecule has 20 heteroatoms. The molecule has 2 atom stereocenters. The third kappa shape index (κ3) is 11.0. The van der Waals surface area contributed by atoms with Crippen molar-refractivity contribution in [3.05, 3.63) is 85.9 Å². The number of nitrogens with zero attached hydrogens (tertiary/aromatic N) is 5. The van der Waals surface area contributed by atoms with E-state index in [4.69, 9.17) is 33.6 Å². The molecule has 326 valence electrons. The number of ether oxygens (including phenoxy) is 3. The number of benzene rings is 1. The monoisotopic (exact) mass is 933 g/mol. The maximum Gasteiger partial charge on any atom is 0.408 e. The number of hydrogen-bond acceptors (Lipinski definition) is 17. The summed E-state index contributed by atoms with van der Waals surface area (Å²) in [6.07, 6.45) is -1.35. The van der Waals surface area contributed by atoms with Crippen LogP contribution >= 0.6 is 45.3 Å². The van der Waals surface area contributed by atoms with Gasteiger partial charge in [0.2, 0.25) is 5.91 Å². The van der Waals surface area contributed by atoms with Crippen LogP contribution in [-0.2, 0) is 23.4 Å². The molecule has 0 radical (unpaired) electrons. The average molecular weight is 934 g/mol. The lowest BCUT2D eigenvalue weighted by Gasteiger charge is -2.41. The number of aromatic nitrogens is 5. The first kappa shape index (κ1) is 46.3. The van der Waals surface area contributed by atoms with E-state index in [1.54, 1.807) is 37.6 Å². The van der Waals surface area contributed by atoms with E-state index in [2.05, 4.69) is 54.5 Å². The van der Waals surface area contributed by atoms with Crippen LogP contribution in [0, 0.1) is 0 Å². The summed E-state index contributed by atoms with van der Waals surface area (Å²) in [6.45, 7) is 15.7. The number of hydrogen-bond donors (Lipinski definition) is 2. The van der Waals surface area contributed by atoms with E-state index in [1.807, 2.05) is 47.2 Å². The quantitative estimate of drug-likeness (QED) is 0.0596. The fourth-order valence-corrected chi connectivity index (χ4v) is 10.1. The van der Waals surface area contributed by atoms with Crippen molar-refractivity contribution in [2.75, 3.05) is 20.8 Å². The second-order valence-electron chi connectivity index (χ2n) is 16.4. The summed E-state index contributed by atoms with van der Waals surface area (Å²) in [7, 11) is 0.123. The summed E-state index contributed by atoms with van der Waals surface area (Å²) in [5, 5.41) is 14.6. The SMILES string of the molecule is COC(=O)c1csc(-c2ccc(-c3nc(C(=O)OC)cs3)c(-c3csc(-c4csc([C@@H](NC(=O)CNC(=O)OC(C)(C)C)[C@@H](O[Si](C)(C)C(C)(C)C)c5ccccc5)n4)n3)n2)n1. The highest BCUT2D eigenvalue weighted by molar-refractivity contribution is 7.14. The van der Waals surface area contributed by atoms with Crippen molar-refractivity contribution < 1.29 is 37.8 Å². The molecule has 1 aromatic carbocycles. The van der Waals surface area contributed by atoms with Gasteiger partial charge in [-0.3, -0.25) is 4.79 Å². The first-order chi connectivity index (χ1) is 29.3. The van der Waals surface area contributed by atoms with Crippen molar-refractivity contribution in [3.63, 3.8) is 0 Å². The molecule has 0 aliphatic heterocycles. The molecule has 0 saturated heterocycles. The van der Waals surface area contributed by atoms with Crippen LogP contribution < -0.4 is 10.6 Å². The Morgan fingerprint density at radius 1 is 0.694 bits per heavy atom. The molecular formula is C42H47N7O8S4Si. The third-order valence-corrected chi connectivity index (χ3v) is 17.7. The molecule has 5 aromatic heterocycles. The van der Waals surface area contributed by atoms with Crippen LogP contribution in [0.2, 0.25) is 18.1 Å². The minimum absolute atomic E-state index is 0.160. The van der Waals surface area contributed by atoms with Gasteiger partial charge in [0.1, 0.15) is 55.3 Å². The molecule has 15 nitrogen and oxygen atoms in total. The fraction of sp³-hybridized carbons (Fsp3) is 0.357. The Hall–Kier alpha value is -5.25. The maximum atomic E-state index is 13.7. The minimum atomic E-state index is -2.47. The lowest BCUT2D eigenvalue weighted by Crippen LogP contribution is -2.46. The first-order valence-electron chi connectivity index (χ1n) is 19.3.